The fourth-order valence-corrected chi connectivity index (χ4v) is 4.39. The normalized spacial score (nSPS) is 15.7. The van der Waals surface area contributed by atoms with E-state index in [9.17, 15) is 18.5 Å². The third-order valence-electron chi connectivity index (χ3n) is 4.34. The van der Waals surface area contributed by atoms with E-state index in [1.807, 2.05) is 4.90 Å². The molecular formula is C17H19N3O5S. The van der Waals surface area contributed by atoms with Crippen LogP contribution in [-0.4, -0.2) is 50.9 Å². The molecule has 0 saturated carbocycles. The largest absolute Gasteiger partial charge is 0.490 e. The first kappa shape index (κ1) is 18.2. The van der Waals surface area contributed by atoms with E-state index in [-0.39, 0.29) is 16.3 Å². The molecule has 1 fully saturated rings. The Morgan fingerprint density at radius 3 is 2.27 bits per heavy atom. The molecule has 0 bridgehead atoms. The van der Waals surface area contributed by atoms with Gasteiger partial charge in [-0.3, -0.25) is 10.1 Å². The molecule has 2 aromatic carbocycles. The molecule has 138 valence electrons. The van der Waals surface area contributed by atoms with Crippen LogP contribution in [0.4, 0.5) is 11.4 Å². The van der Waals surface area contributed by atoms with Gasteiger partial charge in [0.1, 0.15) is 0 Å². The van der Waals surface area contributed by atoms with Gasteiger partial charge in [0.15, 0.2) is 5.75 Å². The number of methoxy groups -OCH3 is 1. The van der Waals surface area contributed by atoms with Gasteiger partial charge >= 0.3 is 5.69 Å². The standard InChI is InChI=1S/C17H19N3O5S/c1-25-17-13-14(7-8-16(17)20(21)22)18-9-11-19(12-10-18)26(23,24)15-5-3-2-4-6-15/h2-8,13H,9-12H2,1H3. The Hall–Kier alpha value is -2.65. The number of hydrogen-bond donors (Lipinski definition) is 0. The Bertz CT molecular complexity index is 894. The van der Waals surface area contributed by atoms with Gasteiger partial charge in [-0.2, -0.15) is 4.31 Å². The maximum absolute atomic E-state index is 12.7. The first-order valence-electron chi connectivity index (χ1n) is 8.06. The number of anilines is 1. The predicted octanol–water partition coefficient (Wildman–Crippen LogP) is 2.11. The first-order valence-corrected chi connectivity index (χ1v) is 9.50. The fraction of sp³-hybridized carbons (Fsp3) is 0.294. The quantitative estimate of drug-likeness (QED) is 0.585. The molecule has 1 heterocycles. The second kappa shape index (κ2) is 7.30. The van der Waals surface area contributed by atoms with E-state index in [2.05, 4.69) is 0 Å². The predicted molar refractivity (Wildman–Crippen MR) is 97.1 cm³/mol. The maximum Gasteiger partial charge on any atom is 0.311 e. The van der Waals surface area contributed by atoms with Gasteiger partial charge in [-0.25, -0.2) is 8.42 Å². The van der Waals surface area contributed by atoms with Crippen LogP contribution < -0.4 is 9.64 Å². The molecule has 1 aliphatic heterocycles. The monoisotopic (exact) mass is 377 g/mol. The molecule has 26 heavy (non-hydrogen) atoms. The van der Waals surface area contributed by atoms with Crippen molar-refractivity contribution in [3.63, 3.8) is 0 Å². The van der Waals surface area contributed by atoms with Crippen molar-refractivity contribution >= 4 is 21.4 Å². The van der Waals surface area contributed by atoms with Crippen molar-refractivity contribution in [3.05, 3.63) is 58.6 Å². The lowest BCUT2D eigenvalue weighted by molar-refractivity contribution is -0.385. The van der Waals surface area contributed by atoms with E-state index in [1.165, 1.54) is 17.5 Å². The van der Waals surface area contributed by atoms with Crippen LogP contribution >= 0.6 is 0 Å². The SMILES string of the molecule is COc1cc(N2CCN(S(=O)(=O)c3ccccc3)CC2)ccc1[N+](=O)[O-]. The molecule has 0 N–H and O–H groups in total. The summed E-state index contributed by atoms with van der Waals surface area (Å²) in [5.74, 6) is 0.187. The zero-order chi connectivity index (χ0) is 18.7. The van der Waals surface area contributed by atoms with Crippen LogP contribution in [0.5, 0.6) is 5.75 Å². The summed E-state index contributed by atoms with van der Waals surface area (Å²) in [6.45, 7) is 1.67. The summed E-state index contributed by atoms with van der Waals surface area (Å²) >= 11 is 0. The van der Waals surface area contributed by atoms with E-state index in [1.54, 1.807) is 42.5 Å². The zero-order valence-electron chi connectivity index (χ0n) is 14.2. The van der Waals surface area contributed by atoms with E-state index in [0.717, 1.165) is 5.69 Å². The van der Waals surface area contributed by atoms with Crippen LogP contribution in [0.2, 0.25) is 0 Å². The molecule has 0 unspecified atom stereocenters. The van der Waals surface area contributed by atoms with Crippen molar-refractivity contribution in [3.8, 4) is 5.75 Å². The summed E-state index contributed by atoms with van der Waals surface area (Å²) in [7, 11) is -2.12. The molecule has 0 aromatic heterocycles. The van der Waals surface area contributed by atoms with Crippen molar-refractivity contribution < 1.29 is 18.1 Å². The van der Waals surface area contributed by atoms with Crippen LogP contribution in [0.15, 0.2) is 53.4 Å². The summed E-state index contributed by atoms with van der Waals surface area (Å²) in [5, 5.41) is 11.0. The summed E-state index contributed by atoms with van der Waals surface area (Å²) in [5.41, 5.74) is 0.672. The lowest BCUT2D eigenvalue weighted by Gasteiger charge is -2.35. The van der Waals surface area contributed by atoms with Gasteiger partial charge in [-0.05, 0) is 18.2 Å². The average Bonchev–Trinajstić information content (AvgIpc) is 2.68. The number of ether oxygens (including phenoxy) is 1. The van der Waals surface area contributed by atoms with E-state index in [4.69, 9.17) is 4.74 Å². The molecule has 1 saturated heterocycles. The zero-order valence-corrected chi connectivity index (χ0v) is 15.1. The number of piperazine rings is 1. The Morgan fingerprint density at radius 2 is 1.69 bits per heavy atom. The second-order valence-electron chi connectivity index (χ2n) is 5.82. The highest BCUT2D eigenvalue weighted by Crippen LogP contribution is 2.32. The van der Waals surface area contributed by atoms with E-state index in [0.29, 0.717) is 26.2 Å². The molecule has 2 aromatic rings. The van der Waals surface area contributed by atoms with Crippen molar-refractivity contribution in [2.75, 3.05) is 38.2 Å². The molecular weight excluding hydrogens is 358 g/mol. The lowest BCUT2D eigenvalue weighted by atomic mass is 10.2. The maximum atomic E-state index is 12.7. The number of hydrogen-bond acceptors (Lipinski definition) is 6. The van der Waals surface area contributed by atoms with Crippen LogP contribution in [0, 0.1) is 10.1 Å². The minimum absolute atomic E-state index is 0.0958. The highest BCUT2D eigenvalue weighted by Gasteiger charge is 2.29. The van der Waals surface area contributed by atoms with Gasteiger partial charge < -0.3 is 9.64 Å². The number of benzene rings is 2. The van der Waals surface area contributed by atoms with Crippen molar-refractivity contribution in [1.82, 2.24) is 4.31 Å². The average molecular weight is 377 g/mol. The molecule has 0 amide bonds. The molecule has 1 aliphatic rings. The van der Waals surface area contributed by atoms with Crippen molar-refractivity contribution in [2.45, 2.75) is 4.90 Å². The smallest absolute Gasteiger partial charge is 0.311 e. The number of nitro benzene ring substituents is 1. The topological polar surface area (TPSA) is 93.0 Å². The highest BCUT2D eigenvalue weighted by atomic mass is 32.2. The lowest BCUT2D eigenvalue weighted by Crippen LogP contribution is -2.48. The third-order valence-corrected chi connectivity index (χ3v) is 6.26. The van der Waals surface area contributed by atoms with E-state index >= 15 is 0 Å². The molecule has 8 nitrogen and oxygen atoms in total. The minimum atomic E-state index is -3.51. The van der Waals surface area contributed by atoms with E-state index < -0.39 is 14.9 Å². The van der Waals surface area contributed by atoms with Gasteiger partial charge in [-0.1, -0.05) is 18.2 Å². The van der Waals surface area contributed by atoms with Crippen molar-refractivity contribution in [2.24, 2.45) is 0 Å². The highest BCUT2D eigenvalue weighted by molar-refractivity contribution is 7.89. The van der Waals surface area contributed by atoms with Crippen LogP contribution in [0.1, 0.15) is 0 Å². The van der Waals surface area contributed by atoms with Gasteiger partial charge in [-0.15, -0.1) is 0 Å². The first-order chi connectivity index (χ1) is 12.4. The van der Waals surface area contributed by atoms with Gasteiger partial charge in [0.2, 0.25) is 10.0 Å². The molecule has 9 heteroatoms. The Balaban J connectivity index is 1.74. The number of nitrogens with zero attached hydrogens (tertiary/aromatic N) is 3. The number of sulfonamides is 1. The Kier molecular flexibility index (Phi) is 5.10. The fourth-order valence-electron chi connectivity index (χ4n) is 2.94. The summed E-state index contributed by atoms with van der Waals surface area (Å²) in [6, 6.07) is 13.0. The molecule has 3 rings (SSSR count). The molecule has 0 aliphatic carbocycles. The third kappa shape index (κ3) is 3.49. The van der Waals surface area contributed by atoms with Crippen LogP contribution in [-0.2, 0) is 10.0 Å². The summed E-state index contributed by atoms with van der Waals surface area (Å²) in [4.78, 5) is 12.8. The Labute approximate surface area is 151 Å². The second-order valence-corrected chi connectivity index (χ2v) is 7.76. The van der Waals surface area contributed by atoms with Gasteiger partial charge in [0, 0.05) is 44.0 Å². The van der Waals surface area contributed by atoms with Crippen molar-refractivity contribution in [1.29, 1.82) is 0 Å². The molecule has 0 radical (unpaired) electrons. The van der Waals surface area contributed by atoms with Crippen LogP contribution in [0.3, 0.4) is 0 Å². The van der Waals surface area contributed by atoms with Gasteiger partial charge in [0.05, 0.1) is 16.9 Å². The molecule has 0 atom stereocenters. The summed E-state index contributed by atoms with van der Waals surface area (Å²) < 4.78 is 31.9. The number of nitro groups is 1. The van der Waals surface area contributed by atoms with Crippen LogP contribution in [0.25, 0.3) is 0 Å². The summed E-state index contributed by atoms with van der Waals surface area (Å²) in [6.07, 6.45) is 0. The Morgan fingerprint density at radius 1 is 1.04 bits per heavy atom. The molecule has 0 spiro atoms. The minimum Gasteiger partial charge on any atom is -0.490 e. The van der Waals surface area contributed by atoms with Gasteiger partial charge in [0.25, 0.3) is 0 Å². The number of rotatable bonds is 5.